The molecule has 0 spiro atoms. The van der Waals surface area contributed by atoms with Gasteiger partial charge in [-0.1, -0.05) is 6.58 Å². The molecule has 2 rings (SSSR count). The summed E-state index contributed by atoms with van der Waals surface area (Å²) >= 11 is 3.82. The van der Waals surface area contributed by atoms with Gasteiger partial charge in [0, 0.05) is 19.7 Å². The maximum Gasteiger partial charge on any atom is 0.582 e. The van der Waals surface area contributed by atoms with E-state index in [-0.39, 0.29) is 18.4 Å². The van der Waals surface area contributed by atoms with Gasteiger partial charge in [-0.3, -0.25) is 4.57 Å². The Morgan fingerprint density at radius 2 is 2.48 bits per heavy atom. The average molecular weight is 358 g/mol. The van der Waals surface area contributed by atoms with Gasteiger partial charge < -0.3 is 9.47 Å². The Morgan fingerprint density at radius 3 is 3.04 bits per heavy atom. The SMILES string of the molecule is C=C(C)c1ncn([C@H]2C[C@H](O[P+](=O)S)[C@@H](COC)O2)c1N=CC. The molecule has 0 N–H and O–H groups in total. The predicted octanol–water partition coefficient (Wildman–Crippen LogP) is 3.54. The Morgan fingerprint density at radius 1 is 1.74 bits per heavy atom. The van der Waals surface area contributed by atoms with Crippen LogP contribution >= 0.6 is 19.5 Å². The van der Waals surface area contributed by atoms with Gasteiger partial charge in [0.2, 0.25) is 0 Å². The summed E-state index contributed by atoms with van der Waals surface area (Å²) in [5.74, 6) is 0.678. The van der Waals surface area contributed by atoms with Crippen molar-refractivity contribution in [2.75, 3.05) is 13.7 Å². The summed E-state index contributed by atoms with van der Waals surface area (Å²) in [6.07, 6.45) is 2.85. The van der Waals surface area contributed by atoms with E-state index in [4.69, 9.17) is 14.0 Å². The molecule has 7 nitrogen and oxygen atoms in total. The fourth-order valence-electron chi connectivity index (χ4n) is 2.53. The van der Waals surface area contributed by atoms with Crippen molar-refractivity contribution in [3.05, 3.63) is 18.6 Å². The number of hydrogen-bond donors (Lipinski definition) is 1. The van der Waals surface area contributed by atoms with Crippen LogP contribution in [0.1, 0.15) is 32.2 Å². The van der Waals surface area contributed by atoms with E-state index in [1.807, 2.05) is 18.4 Å². The number of aliphatic imine (C=N–C) groups is 1. The van der Waals surface area contributed by atoms with Gasteiger partial charge in [0.15, 0.2) is 5.82 Å². The van der Waals surface area contributed by atoms with Crippen molar-refractivity contribution in [1.29, 1.82) is 0 Å². The Labute approximate surface area is 141 Å². The zero-order valence-electron chi connectivity index (χ0n) is 13.4. The predicted molar refractivity (Wildman–Crippen MR) is 92.6 cm³/mol. The van der Waals surface area contributed by atoms with Crippen LogP contribution in [0.2, 0.25) is 0 Å². The normalized spacial score (nSPS) is 25.2. The minimum Gasteiger partial charge on any atom is -0.382 e. The zero-order valence-corrected chi connectivity index (χ0v) is 15.2. The second kappa shape index (κ2) is 8.17. The van der Waals surface area contributed by atoms with Crippen LogP contribution < -0.4 is 0 Å². The van der Waals surface area contributed by atoms with Crippen LogP contribution in [-0.4, -0.2) is 41.7 Å². The fraction of sp³-hybridized carbons (Fsp3) is 0.571. The molecule has 1 saturated heterocycles. The van der Waals surface area contributed by atoms with Crippen LogP contribution in [0, 0.1) is 0 Å². The second-order valence-electron chi connectivity index (χ2n) is 5.19. The van der Waals surface area contributed by atoms with E-state index >= 15 is 0 Å². The minimum absolute atomic E-state index is 0.328. The first-order valence-corrected chi connectivity index (χ1v) is 9.49. The standard InChI is InChI=1S/C14H20N3O4PS/c1-5-15-14-13(9(2)3)16-8-17(14)12-6-10(21-22(18)23)11(20-12)7-19-4/h5,8,10-12H,2,6-7H2,1,3-4H3/p+1/t10-,11+,12+/m0/s1. The van der Waals surface area contributed by atoms with Crippen LogP contribution in [0.15, 0.2) is 17.9 Å². The third kappa shape index (κ3) is 4.28. The molecule has 1 unspecified atom stereocenters. The Hall–Kier alpha value is -1.05. The highest BCUT2D eigenvalue weighted by atomic mass is 32.7. The largest absolute Gasteiger partial charge is 0.582 e. The van der Waals surface area contributed by atoms with Crippen LogP contribution in [0.5, 0.6) is 0 Å². The van der Waals surface area contributed by atoms with Gasteiger partial charge in [-0.25, -0.2) is 9.98 Å². The van der Waals surface area contributed by atoms with Crippen LogP contribution in [0.4, 0.5) is 5.82 Å². The molecule has 23 heavy (non-hydrogen) atoms. The van der Waals surface area contributed by atoms with Gasteiger partial charge in [0.1, 0.15) is 36.4 Å². The highest BCUT2D eigenvalue weighted by Gasteiger charge is 2.42. The highest BCUT2D eigenvalue weighted by molar-refractivity contribution is 8.39. The summed E-state index contributed by atoms with van der Waals surface area (Å²) in [5.41, 5.74) is 1.54. The molecule has 4 atom stereocenters. The lowest BCUT2D eigenvalue weighted by Crippen LogP contribution is -2.26. The summed E-state index contributed by atoms with van der Waals surface area (Å²) < 4.78 is 29.6. The number of allylic oxidation sites excluding steroid dienone is 1. The fourth-order valence-corrected chi connectivity index (χ4v) is 3.35. The Bertz CT molecular complexity index is 619. The number of rotatable bonds is 7. The van der Waals surface area contributed by atoms with Crippen molar-refractivity contribution in [1.82, 2.24) is 9.55 Å². The number of hydrogen-bond acceptors (Lipinski definition) is 6. The van der Waals surface area contributed by atoms with Gasteiger partial charge in [0.05, 0.1) is 12.9 Å². The van der Waals surface area contributed by atoms with Gasteiger partial charge in [-0.2, -0.15) is 0 Å². The number of methoxy groups -OCH3 is 1. The maximum absolute atomic E-state index is 11.3. The zero-order chi connectivity index (χ0) is 17.0. The lowest BCUT2D eigenvalue weighted by molar-refractivity contribution is -0.0478. The van der Waals surface area contributed by atoms with Crippen LogP contribution in [-0.2, 0) is 18.6 Å². The van der Waals surface area contributed by atoms with Gasteiger partial charge in [-0.15, -0.1) is 4.52 Å². The first kappa shape index (κ1) is 18.3. The molecule has 1 aromatic rings. The molecule has 1 aliphatic heterocycles. The average Bonchev–Trinajstić information content (AvgIpc) is 3.04. The Balaban J connectivity index is 2.28. The van der Waals surface area contributed by atoms with E-state index < -0.39 is 7.23 Å². The smallest absolute Gasteiger partial charge is 0.382 e. The van der Waals surface area contributed by atoms with E-state index in [1.165, 1.54) is 0 Å². The molecule has 0 aliphatic carbocycles. The summed E-state index contributed by atoms with van der Waals surface area (Å²) in [6, 6.07) is 0. The lowest BCUT2D eigenvalue weighted by atomic mass is 10.2. The molecule has 0 amide bonds. The van der Waals surface area contributed by atoms with Crippen molar-refractivity contribution in [3.63, 3.8) is 0 Å². The van der Waals surface area contributed by atoms with Crippen molar-refractivity contribution < 1.29 is 18.6 Å². The van der Waals surface area contributed by atoms with Crippen molar-refractivity contribution in [2.45, 2.75) is 38.7 Å². The first-order valence-electron chi connectivity index (χ1n) is 7.16. The molecule has 0 aromatic carbocycles. The molecular formula is C14H21N3O4PS+. The molecule has 0 bridgehead atoms. The van der Waals surface area contributed by atoms with Gasteiger partial charge in [0.25, 0.3) is 0 Å². The molecule has 126 valence electrons. The van der Waals surface area contributed by atoms with E-state index in [9.17, 15) is 4.57 Å². The van der Waals surface area contributed by atoms with Gasteiger partial charge >= 0.3 is 7.23 Å². The van der Waals surface area contributed by atoms with E-state index in [1.54, 1.807) is 19.7 Å². The number of thiol groups is 1. The van der Waals surface area contributed by atoms with Crippen molar-refractivity contribution in [3.8, 4) is 0 Å². The van der Waals surface area contributed by atoms with Crippen molar-refractivity contribution in [2.24, 2.45) is 4.99 Å². The molecule has 0 saturated carbocycles. The van der Waals surface area contributed by atoms with Crippen molar-refractivity contribution >= 4 is 37.1 Å². The minimum atomic E-state index is -2.02. The molecular weight excluding hydrogens is 337 g/mol. The second-order valence-corrected chi connectivity index (χ2v) is 6.86. The third-order valence-electron chi connectivity index (χ3n) is 3.47. The molecule has 1 fully saturated rings. The van der Waals surface area contributed by atoms with E-state index in [2.05, 4.69) is 28.8 Å². The maximum atomic E-state index is 11.3. The number of imidazole rings is 1. The molecule has 1 aliphatic rings. The topological polar surface area (TPSA) is 74.9 Å². The molecule has 1 aromatic heterocycles. The molecule has 9 heteroatoms. The van der Waals surface area contributed by atoms with E-state index in [0.29, 0.717) is 18.8 Å². The van der Waals surface area contributed by atoms with Gasteiger partial charge in [-0.05, 0) is 24.0 Å². The monoisotopic (exact) mass is 358 g/mol. The quantitative estimate of drug-likeness (QED) is 0.458. The number of nitrogens with zero attached hydrogens (tertiary/aromatic N) is 3. The summed E-state index contributed by atoms with van der Waals surface area (Å²) in [5, 5.41) is 0. The third-order valence-corrected chi connectivity index (χ3v) is 4.20. The summed E-state index contributed by atoms with van der Waals surface area (Å²) in [4.78, 5) is 8.74. The van der Waals surface area contributed by atoms with E-state index in [0.717, 1.165) is 11.3 Å². The summed E-state index contributed by atoms with van der Waals surface area (Å²) in [7, 11) is -0.435. The highest BCUT2D eigenvalue weighted by Crippen LogP contribution is 2.40. The Kier molecular flexibility index (Phi) is 6.50. The number of ether oxygens (including phenoxy) is 2. The van der Waals surface area contributed by atoms with Crippen LogP contribution in [0.3, 0.4) is 0 Å². The first-order chi connectivity index (χ1) is 11.0. The molecule has 0 radical (unpaired) electrons. The lowest BCUT2D eigenvalue weighted by Gasteiger charge is -2.15. The number of aromatic nitrogens is 2. The summed E-state index contributed by atoms with van der Waals surface area (Å²) in [6.45, 7) is 7.97. The van der Waals surface area contributed by atoms with Crippen LogP contribution in [0.25, 0.3) is 5.57 Å². The molecule has 2 heterocycles.